The highest BCUT2D eigenvalue weighted by Crippen LogP contribution is 2.40. The molecule has 0 fully saturated rings. The van der Waals surface area contributed by atoms with Crippen molar-refractivity contribution in [3.05, 3.63) is 66.2 Å². The van der Waals surface area contributed by atoms with Gasteiger partial charge in [-0.05, 0) is 30.3 Å². The molecule has 0 aliphatic heterocycles. The number of hydrogen-bond acceptors (Lipinski definition) is 2. The largest absolute Gasteiger partial charge is 0.343 e. The maximum absolute atomic E-state index is 2.44. The summed E-state index contributed by atoms with van der Waals surface area (Å²) >= 11 is 1.96. The van der Waals surface area contributed by atoms with E-state index in [0.717, 1.165) is 0 Å². The molecule has 0 saturated carbocycles. The van der Waals surface area contributed by atoms with Gasteiger partial charge in [0, 0.05) is 28.2 Å². The van der Waals surface area contributed by atoms with Crippen molar-refractivity contribution >= 4 is 56.1 Å². The van der Waals surface area contributed by atoms with Crippen LogP contribution in [0.4, 0.5) is 11.4 Å². The molecule has 1 aromatic heterocycles. The van der Waals surface area contributed by atoms with Gasteiger partial charge in [0.1, 0.15) is 0 Å². The summed E-state index contributed by atoms with van der Waals surface area (Å²) in [5, 5.41) is 4.35. The molecule has 3 heteroatoms. The molecule has 0 atom stereocenters. The molecule has 1 nitrogen and oxygen atoms in total. The normalized spacial score (nSPS) is 12.0. The Morgan fingerprint density at radius 2 is 1.38 bits per heavy atom. The van der Waals surface area contributed by atoms with Gasteiger partial charge < -0.3 is 4.90 Å². The first-order valence-corrected chi connectivity index (χ1v) is 13.4. The van der Waals surface area contributed by atoms with Gasteiger partial charge in [-0.3, -0.25) is 0 Å². The number of hydrogen-bond donors (Lipinski definition) is 0. The molecule has 0 N–H and O–H groups in total. The van der Waals surface area contributed by atoms with Crippen molar-refractivity contribution in [2.75, 3.05) is 11.9 Å². The molecule has 4 aromatic rings. The number of aryl methyl sites for hydroxylation is 1. The van der Waals surface area contributed by atoms with Gasteiger partial charge in [0.25, 0.3) is 0 Å². The van der Waals surface area contributed by atoms with Crippen molar-refractivity contribution in [3.8, 4) is 0 Å². The van der Waals surface area contributed by atoms with Crippen LogP contribution in [0.25, 0.3) is 20.2 Å². The lowest BCUT2D eigenvalue weighted by Crippen LogP contribution is -2.37. The second-order valence-corrected chi connectivity index (χ2v) is 14.1. The Kier molecular flexibility index (Phi) is 4.17. The molecule has 0 aliphatic carbocycles. The molecule has 1 heterocycles. The van der Waals surface area contributed by atoms with Crippen LogP contribution >= 0.6 is 11.3 Å². The molecule has 0 amide bonds. The maximum Gasteiger partial charge on any atom is 0.0794 e. The molecular formula is C23H25NSSi. The minimum atomic E-state index is -1.38. The monoisotopic (exact) mass is 375 g/mol. The minimum Gasteiger partial charge on any atom is -0.343 e. The minimum absolute atomic E-state index is 1.23. The van der Waals surface area contributed by atoms with Crippen LogP contribution in [0.15, 0.2) is 60.7 Å². The highest BCUT2D eigenvalue weighted by molar-refractivity contribution is 7.28. The smallest absolute Gasteiger partial charge is 0.0794 e. The molecule has 0 spiro atoms. The van der Waals surface area contributed by atoms with E-state index in [1.165, 1.54) is 37.1 Å². The summed E-state index contributed by atoms with van der Waals surface area (Å²) in [5.74, 6) is 0. The summed E-state index contributed by atoms with van der Waals surface area (Å²) in [6.45, 7) is 9.44. The van der Waals surface area contributed by atoms with Crippen LogP contribution < -0.4 is 10.1 Å². The van der Waals surface area contributed by atoms with Gasteiger partial charge in [-0.25, -0.2) is 0 Å². The molecule has 26 heavy (non-hydrogen) atoms. The summed E-state index contributed by atoms with van der Waals surface area (Å²) < 4.78 is 2.86. The summed E-state index contributed by atoms with van der Waals surface area (Å²) in [6.07, 6.45) is 0. The first-order valence-electron chi connectivity index (χ1n) is 9.11. The quantitative estimate of drug-likeness (QED) is 0.361. The second kappa shape index (κ2) is 6.25. The van der Waals surface area contributed by atoms with E-state index in [4.69, 9.17) is 0 Å². The maximum atomic E-state index is 2.44. The van der Waals surface area contributed by atoms with Crippen LogP contribution in [-0.4, -0.2) is 15.1 Å². The third-order valence-corrected chi connectivity index (χ3v) is 8.59. The predicted molar refractivity (Wildman–Crippen MR) is 122 cm³/mol. The van der Waals surface area contributed by atoms with Gasteiger partial charge in [0.2, 0.25) is 0 Å². The van der Waals surface area contributed by atoms with E-state index in [1.54, 1.807) is 5.19 Å². The van der Waals surface area contributed by atoms with Crippen molar-refractivity contribution in [2.45, 2.75) is 26.6 Å². The van der Waals surface area contributed by atoms with E-state index in [-0.39, 0.29) is 0 Å². The van der Waals surface area contributed by atoms with E-state index < -0.39 is 8.07 Å². The SMILES string of the molecule is Cc1ccc(N(C)c2cccc3c2sc2c([Si](C)(C)C)cccc23)cc1. The van der Waals surface area contributed by atoms with Crippen LogP contribution in [-0.2, 0) is 0 Å². The highest BCUT2D eigenvalue weighted by Gasteiger charge is 2.22. The Balaban J connectivity index is 1.96. The van der Waals surface area contributed by atoms with Gasteiger partial charge in [-0.1, -0.05) is 67.7 Å². The lowest BCUT2D eigenvalue weighted by molar-refractivity contribution is 1.22. The lowest BCUT2D eigenvalue weighted by Gasteiger charge is -2.20. The van der Waals surface area contributed by atoms with Crippen molar-refractivity contribution < 1.29 is 0 Å². The van der Waals surface area contributed by atoms with Crippen LogP contribution in [0.2, 0.25) is 19.6 Å². The van der Waals surface area contributed by atoms with Gasteiger partial charge in [-0.15, -0.1) is 11.3 Å². The highest BCUT2D eigenvalue weighted by atomic mass is 32.1. The van der Waals surface area contributed by atoms with Crippen molar-refractivity contribution in [2.24, 2.45) is 0 Å². The lowest BCUT2D eigenvalue weighted by atomic mass is 10.1. The van der Waals surface area contributed by atoms with E-state index in [9.17, 15) is 0 Å². The van der Waals surface area contributed by atoms with Gasteiger partial charge in [-0.2, -0.15) is 0 Å². The molecule has 4 rings (SSSR count). The fraction of sp³-hybridized carbons (Fsp3) is 0.217. The third-order valence-electron chi connectivity index (χ3n) is 5.09. The van der Waals surface area contributed by atoms with Crippen molar-refractivity contribution in [1.29, 1.82) is 0 Å². The second-order valence-electron chi connectivity index (χ2n) is 8.08. The molecule has 0 bridgehead atoms. The van der Waals surface area contributed by atoms with E-state index in [2.05, 4.69) is 99.2 Å². The van der Waals surface area contributed by atoms with Crippen LogP contribution in [0.5, 0.6) is 0 Å². The average molecular weight is 376 g/mol. The number of nitrogens with zero attached hydrogens (tertiary/aromatic N) is 1. The zero-order valence-electron chi connectivity index (χ0n) is 16.1. The van der Waals surface area contributed by atoms with E-state index in [1.807, 2.05) is 11.3 Å². The molecule has 3 aromatic carbocycles. The van der Waals surface area contributed by atoms with Gasteiger partial charge in [0.15, 0.2) is 0 Å². The number of rotatable bonds is 3. The summed E-state index contributed by atoms with van der Waals surface area (Å²) in [6, 6.07) is 22.3. The molecule has 0 saturated heterocycles. The number of anilines is 2. The molecule has 132 valence electrons. The zero-order chi connectivity index (χ0) is 18.5. The topological polar surface area (TPSA) is 3.24 Å². The Hall–Kier alpha value is -2.10. The van der Waals surface area contributed by atoms with Crippen LogP contribution in [0.3, 0.4) is 0 Å². The molecule has 0 radical (unpaired) electrons. The van der Waals surface area contributed by atoms with E-state index >= 15 is 0 Å². The molecule has 0 unspecified atom stereocenters. The van der Waals surface area contributed by atoms with Gasteiger partial charge in [0.05, 0.1) is 18.5 Å². The Morgan fingerprint density at radius 3 is 2.04 bits per heavy atom. The standard InChI is InChI=1S/C23H25NSSi/c1-16-12-14-17(15-13-16)24(2)20-10-6-8-18-19-9-7-11-21(26(3,4)5)23(19)25-22(18)20/h6-15H,1-5H3. The van der Waals surface area contributed by atoms with Crippen molar-refractivity contribution in [3.63, 3.8) is 0 Å². The first kappa shape index (κ1) is 17.3. The Morgan fingerprint density at radius 1 is 0.769 bits per heavy atom. The Labute approximate surface area is 160 Å². The average Bonchev–Trinajstić information content (AvgIpc) is 2.99. The van der Waals surface area contributed by atoms with Gasteiger partial charge >= 0.3 is 0 Å². The zero-order valence-corrected chi connectivity index (χ0v) is 17.9. The number of fused-ring (bicyclic) bond motifs is 3. The fourth-order valence-corrected chi connectivity index (χ4v) is 7.32. The summed E-state index contributed by atoms with van der Waals surface area (Å²) in [4.78, 5) is 2.31. The molecular weight excluding hydrogens is 350 g/mol. The summed E-state index contributed by atoms with van der Waals surface area (Å²) in [7, 11) is 0.791. The number of thiophene rings is 1. The third kappa shape index (κ3) is 2.85. The predicted octanol–water partition coefficient (Wildman–Crippen LogP) is 6.68. The summed E-state index contributed by atoms with van der Waals surface area (Å²) in [5.41, 5.74) is 3.81. The number of benzene rings is 3. The van der Waals surface area contributed by atoms with Crippen LogP contribution in [0.1, 0.15) is 5.56 Å². The fourth-order valence-electron chi connectivity index (χ4n) is 3.57. The Bertz CT molecular complexity index is 1090. The molecule has 0 aliphatic rings. The van der Waals surface area contributed by atoms with Crippen LogP contribution in [0, 0.1) is 6.92 Å². The first-order chi connectivity index (χ1) is 12.4. The van der Waals surface area contributed by atoms with Crippen molar-refractivity contribution in [1.82, 2.24) is 0 Å². The van der Waals surface area contributed by atoms with E-state index in [0.29, 0.717) is 0 Å².